The third kappa shape index (κ3) is 4.85. The van der Waals surface area contributed by atoms with Crippen molar-refractivity contribution in [3.05, 3.63) is 41.1 Å². The SMILES string of the molecule is CCCCCCCCc1ccc(/C=C2\NNC(=O)C2(C)C)cc1. The first-order valence-corrected chi connectivity index (χ1v) is 8.91. The third-order valence-electron chi connectivity index (χ3n) is 4.66. The van der Waals surface area contributed by atoms with Crippen LogP contribution < -0.4 is 10.9 Å². The van der Waals surface area contributed by atoms with Gasteiger partial charge in [0.05, 0.1) is 5.41 Å². The Morgan fingerprint density at radius 3 is 2.22 bits per heavy atom. The van der Waals surface area contributed by atoms with Gasteiger partial charge < -0.3 is 5.43 Å². The minimum Gasteiger partial charge on any atom is -0.302 e. The van der Waals surface area contributed by atoms with Crippen molar-refractivity contribution in [3.8, 4) is 0 Å². The molecule has 1 fully saturated rings. The van der Waals surface area contributed by atoms with Crippen molar-refractivity contribution < 1.29 is 4.79 Å². The molecule has 0 bridgehead atoms. The maximum atomic E-state index is 11.7. The van der Waals surface area contributed by atoms with Crippen LogP contribution in [0.2, 0.25) is 0 Å². The van der Waals surface area contributed by atoms with Crippen molar-refractivity contribution in [1.29, 1.82) is 0 Å². The number of rotatable bonds is 8. The van der Waals surface area contributed by atoms with E-state index < -0.39 is 5.41 Å². The van der Waals surface area contributed by atoms with Gasteiger partial charge >= 0.3 is 0 Å². The van der Waals surface area contributed by atoms with Gasteiger partial charge in [0.15, 0.2) is 0 Å². The molecule has 1 aliphatic heterocycles. The molecular weight excluding hydrogens is 284 g/mol. The predicted molar refractivity (Wildman–Crippen MR) is 96.6 cm³/mol. The molecule has 0 atom stereocenters. The van der Waals surface area contributed by atoms with E-state index in [1.54, 1.807) is 0 Å². The van der Waals surface area contributed by atoms with Crippen molar-refractivity contribution in [2.24, 2.45) is 5.41 Å². The Balaban J connectivity index is 1.84. The Hall–Kier alpha value is -1.77. The highest BCUT2D eigenvalue weighted by Gasteiger charge is 2.37. The molecule has 0 saturated carbocycles. The number of hydrazine groups is 1. The van der Waals surface area contributed by atoms with Gasteiger partial charge in [0, 0.05) is 5.70 Å². The monoisotopic (exact) mass is 314 g/mol. The van der Waals surface area contributed by atoms with Gasteiger partial charge in [0.2, 0.25) is 5.91 Å². The zero-order valence-corrected chi connectivity index (χ0v) is 14.7. The molecule has 23 heavy (non-hydrogen) atoms. The predicted octanol–water partition coefficient (Wildman–Crippen LogP) is 4.59. The minimum absolute atomic E-state index is 0.0171. The van der Waals surface area contributed by atoms with Crippen molar-refractivity contribution in [1.82, 2.24) is 10.9 Å². The van der Waals surface area contributed by atoms with Gasteiger partial charge in [-0.1, -0.05) is 63.3 Å². The topological polar surface area (TPSA) is 41.1 Å². The van der Waals surface area contributed by atoms with Gasteiger partial charge in [0.25, 0.3) is 0 Å². The van der Waals surface area contributed by atoms with Crippen LogP contribution in [-0.2, 0) is 11.2 Å². The van der Waals surface area contributed by atoms with E-state index in [9.17, 15) is 4.79 Å². The maximum absolute atomic E-state index is 11.7. The fourth-order valence-electron chi connectivity index (χ4n) is 2.83. The molecule has 1 heterocycles. The summed E-state index contributed by atoms with van der Waals surface area (Å²) in [5.74, 6) is 0.0171. The minimum atomic E-state index is -0.489. The number of hydrogen-bond acceptors (Lipinski definition) is 2. The molecule has 2 N–H and O–H groups in total. The average molecular weight is 314 g/mol. The highest BCUT2D eigenvalue weighted by Crippen LogP contribution is 2.29. The Kier molecular flexibility index (Phi) is 6.26. The largest absolute Gasteiger partial charge is 0.302 e. The van der Waals surface area contributed by atoms with Crippen molar-refractivity contribution in [2.75, 3.05) is 0 Å². The Morgan fingerprint density at radius 2 is 1.61 bits per heavy atom. The van der Waals surface area contributed by atoms with E-state index in [4.69, 9.17) is 0 Å². The van der Waals surface area contributed by atoms with Crippen LogP contribution in [0, 0.1) is 5.41 Å². The summed E-state index contributed by atoms with van der Waals surface area (Å²) in [7, 11) is 0. The number of nitrogens with one attached hydrogen (secondary N) is 2. The molecule has 0 aromatic heterocycles. The maximum Gasteiger partial charge on any atom is 0.249 e. The number of hydrogen-bond donors (Lipinski definition) is 2. The summed E-state index contributed by atoms with van der Waals surface area (Å²) in [6.45, 7) is 6.12. The molecule has 126 valence electrons. The zero-order chi connectivity index (χ0) is 16.7. The lowest BCUT2D eigenvalue weighted by Gasteiger charge is -2.14. The van der Waals surface area contributed by atoms with E-state index in [1.165, 1.54) is 44.1 Å². The summed E-state index contributed by atoms with van der Waals surface area (Å²) in [6.07, 6.45) is 11.2. The number of aryl methyl sites for hydroxylation is 1. The lowest BCUT2D eigenvalue weighted by atomic mass is 9.89. The van der Waals surface area contributed by atoms with Crippen LogP contribution in [0.5, 0.6) is 0 Å². The highest BCUT2D eigenvalue weighted by molar-refractivity contribution is 5.89. The van der Waals surface area contributed by atoms with Crippen molar-refractivity contribution in [2.45, 2.75) is 65.7 Å². The van der Waals surface area contributed by atoms with Gasteiger partial charge in [-0.3, -0.25) is 10.2 Å². The second-order valence-electron chi connectivity index (χ2n) is 7.02. The average Bonchev–Trinajstić information content (AvgIpc) is 2.79. The fourth-order valence-corrected chi connectivity index (χ4v) is 2.83. The Bertz CT molecular complexity index is 543. The number of carbonyl (C=O) groups excluding carboxylic acids is 1. The molecule has 0 aliphatic carbocycles. The van der Waals surface area contributed by atoms with Gasteiger partial charge in [-0.2, -0.15) is 0 Å². The lowest BCUT2D eigenvalue weighted by molar-refractivity contribution is -0.125. The Labute approximate surface area is 140 Å². The van der Waals surface area contributed by atoms with E-state index in [2.05, 4.69) is 42.0 Å². The molecule has 1 amide bonds. The van der Waals surface area contributed by atoms with Crippen LogP contribution in [0.25, 0.3) is 6.08 Å². The van der Waals surface area contributed by atoms with Gasteiger partial charge in [0.1, 0.15) is 0 Å². The molecule has 0 spiro atoms. The standard InChI is InChI=1S/C20H30N2O/c1-4-5-6-7-8-9-10-16-11-13-17(14-12-16)15-18-20(2,3)19(23)22-21-18/h11-15,21H,4-10H2,1-3H3,(H,22,23)/b18-15-. The second kappa shape index (κ2) is 8.19. The van der Waals surface area contributed by atoms with Gasteiger partial charge in [-0.25, -0.2) is 0 Å². The summed E-state index contributed by atoms with van der Waals surface area (Å²) >= 11 is 0. The molecule has 3 heteroatoms. The molecule has 3 nitrogen and oxygen atoms in total. The lowest BCUT2D eigenvalue weighted by Crippen LogP contribution is -2.28. The molecule has 0 unspecified atom stereocenters. The normalized spacial score (nSPS) is 18.0. The number of amides is 1. The molecular formula is C20H30N2O. The Morgan fingerprint density at radius 1 is 0.957 bits per heavy atom. The zero-order valence-electron chi connectivity index (χ0n) is 14.7. The molecule has 1 saturated heterocycles. The van der Waals surface area contributed by atoms with Crippen LogP contribution in [-0.4, -0.2) is 5.91 Å². The highest BCUT2D eigenvalue weighted by atomic mass is 16.2. The quantitative estimate of drug-likeness (QED) is 0.689. The van der Waals surface area contributed by atoms with Crippen LogP contribution >= 0.6 is 0 Å². The summed E-state index contributed by atoms with van der Waals surface area (Å²) in [6, 6.07) is 8.69. The summed E-state index contributed by atoms with van der Waals surface area (Å²) in [5, 5.41) is 0. The van der Waals surface area contributed by atoms with E-state index >= 15 is 0 Å². The van der Waals surface area contributed by atoms with Crippen LogP contribution in [0.3, 0.4) is 0 Å². The number of carbonyl (C=O) groups is 1. The van der Waals surface area contributed by atoms with Gasteiger partial charge in [-0.15, -0.1) is 0 Å². The second-order valence-corrected chi connectivity index (χ2v) is 7.02. The third-order valence-corrected chi connectivity index (χ3v) is 4.66. The smallest absolute Gasteiger partial charge is 0.249 e. The first-order valence-electron chi connectivity index (χ1n) is 8.91. The number of benzene rings is 1. The van der Waals surface area contributed by atoms with Crippen LogP contribution in [0.15, 0.2) is 30.0 Å². The van der Waals surface area contributed by atoms with Crippen LogP contribution in [0.4, 0.5) is 0 Å². The summed E-state index contributed by atoms with van der Waals surface area (Å²) in [4.78, 5) is 11.7. The van der Waals surface area contributed by atoms with Crippen molar-refractivity contribution >= 4 is 12.0 Å². The van der Waals surface area contributed by atoms with Crippen LogP contribution in [0.1, 0.15) is 70.4 Å². The van der Waals surface area contributed by atoms with E-state index in [1.807, 2.05) is 19.9 Å². The summed E-state index contributed by atoms with van der Waals surface area (Å²) < 4.78 is 0. The number of unbranched alkanes of at least 4 members (excludes halogenated alkanes) is 5. The van der Waals surface area contributed by atoms with E-state index in [0.717, 1.165) is 17.7 Å². The summed E-state index contributed by atoms with van der Waals surface area (Å²) in [5.41, 5.74) is 8.62. The fraction of sp³-hybridized carbons (Fsp3) is 0.550. The molecule has 2 rings (SSSR count). The van der Waals surface area contributed by atoms with Crippen molar-refractivity contribution in [3.63, 3.8) is 0 Å². The first kappa shape index (κ1) is 17.6. The molecule has 1 aromatic carbocycles. The molecule has 0 radical (unpaired) electrons. The van der Waals surface area contributed by atoms with E-state index in [0.29, 0.717) is 0 Å². The first-order chi connectivity index (χ1) is 11.0. The molecule has 1 aromatic rings. The van der Waals surface area contributed by atoms with E-state index in [-0.39, 0.29) is 5.91 Å². The molecule has 1 aliphatic rings. The van der Waals surface area contributed by atoms with Gasteiger partial charge in [-0.05, 0) is 43.9 Å².